The summed E-state index contributed by atoms with van der Waals surface area (Å²) in [5.74, 6) is 3.59. The van der Waals surface area contributed by atoms with Crippen LogP contribution in [-0.2, 0) is 9.31 Å². The van der Waals surface area contributed by atoms with Crippen molar-refractivity contribution in [2.75, 3.05) is 0 Å². The van der Waals surface area contributed by atoms with E-state index in [1.54, 1.807) is 0 Å². The van der Waals surface area contributed by atoms with Gasteiger partial charge in [-0.3, -0.25) is 0 Å². The first-order valence-electron chi connectivity index (χ1n) is 27.0. The lowest BCUT2D eigenvalue weighted by atomic mass is 9.75. The SMILES string of the molecule is Brc1cc(-c2ccccc2)nc(-c2ccccc2)c1.CC1(C)OB(c2ccc3c4c(cccc24)-c2ccccc2O3)OC1(C)C.[HH].c1ccc(-c2cc(-c3ccc4c5c(cccc35)-c3ccccc3O4)cc(-c3ccccc3)n2)cc1. The summed E-state index contributed by atoms with van der Waals surface area (Å²) in [5.41, 5.74) is 15.6. The van der Waals surface area contributed by atoms with Gasteiger partial charge in [0.15, 0.2) is 0 Å². The summed E-state index contributed by atoms with van der Waals surface area (Å²) < 4.78 is 26.1. The van der Waals surface area contributed by atoms with E-state index >= 15 is 0 Å². The average molecular weight is 1100 g/mol. The molecule has 0 unspecified atom stereocenters. The van der Waals surface area contributed by atoms with E-state index in [0.29, 0.717) is 0 Å². The maximum absolute atomic E-state index is 6.31. The molecule has 0 aliphatic carbocycles. The summed E-state index contributed by atoms with van der Waals surface area (Å²) in [6.45, 7) is 8.32. The van der Waals surface area contributed by atoms with Crippen LogP contribution in [0, 0.1) is 0 Å². The van der Waals surface area contributed by atoms with Gasteiger partial charge in [0.1, 0.15) is 23.0 Å². The van der Waals surface area contributed by atoms with Crippen molar-refractivity contribution < 1.29 is 20.2 Å². The molecule has 6 nitrogen and oxygen atoms in total. The number of para-hydroxylation sites is 2. The molecule has 80 heavy (non-hydrogen) atoms. The summed E-state index contributed by atoms with van der Waals surface area (Å²) in [6.07, 6.45) is 0. The second-order valence-electron chi connectivity index (χ2n) is 21.2. The van der Waals surface area contributed by atoms with E-state index in [0.717, 1.165) is 111 Å². The Kier molecular flexibility index (Phi) is 13.3. The van der Waals surface area contributed by atoms with Crippen LogP contribution in [0.3, 0.4) is 0 Å². The van der Waals surface area contributed by atoms with E-state index in [-0.39, 0.29) is 19.7 Å². The largest absolute Gasteiger partial charge is 0.495 e. The van der Waals surface area contributed by atoms with Crippen LogP contribution in [0.2, 0.25) is 0 Å². The molecule has 0 radical (unpaired) electrons. The molecule has 0 saturated carbocycles. The molecule has 5 heterocycles. The monoisotopic (exact) mass is 1100 g/mol. The van der Waals surface area contributed by atoms with Crippen LogP contribution in [0.1, 0.15) is 29.1 Å². The highest BCUT2D eigenvalue weighted by atomic mass is 79.9. The van der Waals surface area contributed by atoms with Crippen molar-refractivity contribution in [3.8, 4) is 101 Å². The van der Waals surface area contributed by atoms with Gasteiger partial charge in [0.05, 0.1) is 34.0 Å². The van der Waals surface area contributed by atoms with E-state index in [1.165, 1.54) is 22.1 Å². The minimum absolute atomic E-state index is 0. The lowest BCUT2D eigenvalue weighted by molar-refractivity contribution is 0.00578. The molecule has 2 aromatic heterocycles. The van der Waals surface area contributed by atoms with Gasteiger partial charge in [-0.2, -0.15) is 0 Å². The Hall–Kier alpha value is -8.92. The molecular formula is C72H56BBrN2O4. The number of aromatic nitrogens is 2. The highest BCUT2D eigenvalue weighted by Gasteiger charge is 2.52. The molecule has 0 spiro atoms. The zero-order valence-electron chi connectivity index (χ0n) is 44.7. The van der Waals surface area contributed by atoms with Gasteiger partial charge in [0.25, 0.3) is 0 Å². The fraction of sp³-hybridized carbons (Fsp3) is 0.0833. The lowest BCUT2D eigenvalue weighted by Gasteiger charge is -2.32. The molecule has 1 fully saturated rings. The van der Waals surface area contributed by atoms with Crippen LogP contribution in [0.4, 0.5) is 0 Å². The molecule has 3 aliphatic heterocycles. The molecule has 0 amide bonds. The molecule has 388 valence electrons. The predicted molar refractivity (Wildman–Crippen MR) is 334 cm³/mol. The Balaban J connectivity index is 0.000000126. The first-order valence-corrected chi connectivity index (χ1v) is 27.8. The normalized spacial score (nSPS) is 13.8. The molecule has 0 N–H and O–H groups in total. The minimum Gasteiger partial charge on any atom is -0.456 e. The van der Waals surface area contributed by atoms with Crippen LogP contribution < -0.4 is 14.9 Å². The third-order valence-corrected chi connectivity index (χ3v) is 16.0. The van der Waals surface area contributed by atoms with Crippen molar-refractivity contribution in [2.24, 2.45) is 0 Å². The minimum atomic E-state index is -0.388. The van der Waals surface area contributed by atoms with Crippen LogP contribution in [0.15, 0.2) is 259 Å². The van der Waals surface area contributed by atoms with Crippen LogP contribution >= 0.6 is 15.9 Å². The van der Waals surface area contributed by atoms with Crippen molar-refractivity contribution in [3.05, 3.63) is 259 Å². The maximum Gasteiger partial charge on any atom is 0.495 e. The highest BCUT2D eigenvalue weighted by molar-refractivity contribution is 9.10. The molecule has 0 bridgehead atoms. The van der Waals surface area contributed by atoms with Crippen LogP contribution in [0.25, 0.3) is 100.0 Å². The highest BCUT2D eigenvalue weighted by Crippen LogP contribution is 2.50. The van der Waals surface area contributed by atoms with Crippen molar-refractivity contribution in [1.29, 1.82) is 0 Å². The smallest absolute Gasteiger partial charge is 0.456 e. The van der Waals surface area contributed by atoms with E-state index < -0.39 is 0 Å². The third kappa shape index (κ3) is 9.66. The fourth-order valence-corrected chi connectivity index (χ4v) is 11.3. The second-order valence-corrected chi connectivity index (χ2v) is 22.1. The quantitative estimate of drug-likeness (QED) is 0.155. The summed E-state index contributed by atoms with van der Waals surface area (Å²) in [5, 5.41) is 4.58. The Bertz CT molecular complexity index is 4150. The van der Waals surface area contributed by atoms with Crippen molar-refractivity contribution in [1.82, 2.24) is 9.97 Å². The number of hydrogen-bond acceptors (Lipinski definition) is 6. The number of rotatable bonds is 6. The fourth-order valence-electron chi connectivity index (χ4n) is 10.8. The molecule has 0 atom stereocenters. The molecule has 8 heteroatoms. The van der Waals surface area contributed by atoms with Gasteiger partial charge in [-0.15, -0.1) is 0 Å². The number of nitrogens with zero attached hydrogens (tertiary/aromatic N) is 2. The number of hydrogen-bond donors (Lipinski definition) is 0. The number of fused-ring (bicyclic) bond motifs is 4. The van der Waals surface area contributed by atoms with Crippen LogP contribution in [0.5, 0.6) is 23.0 Å². The van der Waals surface area contributed by atoms with Gasteiger partial charge in [0.2, 0.25) is 0 Å². The van der Waals surface area contributed by atoms with Crippen molar-refractivity contribution in [2.45, 2.75) is 38.9 Å². The number of pyridine rings is 2. The summed E-state index contributed by atoms with van der Waals surface area (Å²) in [4.78, 5) is 9.79. The zero-order valence-corrected chi connectivity index (χ0v) is 46.3. The summed E-state index contributed by atoms with van der Waals surface area (Å²) in [6, 6.07) is 87.4. The lowest BCUT2D eigenvalue weighted by Crippen LogP contribution is -2.41. The Morgan fingerprint density at radius 3 is 1.18 bits per heavy atom. The Labute approximate surface area is 477 Å². The topological polar surface area (TPSA) is 62.7 Å². The average Bonchev–Trinajstić information content (AvgIpc) is 3.94. The van der Waals surface area contributed by atoms with E-state index in [2.05, 4.69) is 201 Å². The molecule has 3 aliphatic rings. The van der Waals surface area contributed by atoms with Gasteiger partial charge in [-0.1, -0.05) is 222 Å². The van der Waals surface area contributed by atoms with Gasteiger partial charge < -0.3 is 18.8 Å². The Morgan fingerprint density at radius 2 is 0.713 bits per heavy atom. The second kappa shape index (κ2) is 21.0. The van der Waals surface area contributed by atoms with E-state index in [9.17, 15) is 0 Å². The standard InChI is InChI=1S/C33H21NO.C22H21BO3.C17H12BrN.H2/c1-3-10-22(11-4-1)29-20-24(21-30(34-29)23-12-5-2-6-13-23)25-18-19-32-33-27(25)15-9-16-28(33)26-14-7-8-17-31(26)35-32;1-21(2)22(3,4)26-23(25-21)17-12-13-19-20-15(9-7-10-16(17)20)14-8-5-6-11-18(14)24-19;18-15-11-16(13-7-3-1-4-8-13)19-17(12-15)14-9-5-2-6-10-14;/h1-21H;5-13H,1-4H3;1-12H;1H. The molecular weight excluding hydrogens is 1050 g/mol. The first kappa shape index (κ1) is 50.6. The third-order valence-electron chi connectivity index (χ3n) is 15.5. The molecule has 12 aromatic rings. The zero-order chi connectivity index (χ0) is 54.4. The van der Waals surface area contributed by atoms with Crippen molar-refractivity contribution >= 4 is 50.1 Å². The van der Waals surface area contributed by atoms with Crippen molar-refractivity contribution in [3.63, 3.8) is 0 Å². The van der Waals surface area contributed by atoms with Gasteiger partial charge in [-0.25, -0.2) is 9.97 Å². The summed E-state index contributed by atoms with van der Waals surface area (Å²) in [7, 11) is -0.388. The molecule has 10 aromatic carbocycles. The molecule has 1 saturated heterocycles. The first-order chi connectivity index (χ1) is 39.0. The summed E-state index contributed by atoms with van der Waals surface area (Å²) >= 11 is 3.57. The van der Waals surface area contributed by atoms with Gasteiger partial charge >= 0.3 is 7.12 Å². The predicted octanol–water partition coefficient (Wildman–Crippen LogP) is 19.3. The number of ether oxygens (including phenoxy) is 2. The number of benzene rings is 10. The molecule has 15 rings (SSSR count). The van der Waals surface area contributed by atoms with E-state index in [1.807, 2.05) is 97.1 Å². The number of halogens is 1. The van der Waals surface area contributed by atoms with E-state index in [4.69, 9.17) is 28.8 Å². The van der Waals surface area contributed by atoms with Gasteiger partial charge in [0, 0.05) is 50.1 Å². The van der Waals surface area contributed by atoms with Gasteiger partial charge in [-0.05, 0) is 115 Å². The Morgan fingerprint density at radius 1 is 0.338 bits per heavy atom. The maximum atomic E-state index is 6.31. The van der Waals surface area contributed by atoms with Crippen LogP contribution in [-0.4, -0.2) is 28.3 Å².